The van der Waals surface area contributed by atoms with Gasteiger partial charge in [0.2, 0.25) is 0 Å². The predicted octanol–water partition coefficient (Wildman–Crippen LogP) is 3.27. The average Bonchev–Trinajstić information content (AvgIpc) is 2.65. The zero-order chi connectivity index (χ0) is 9.68. The first-order valence-corrected chi connectivity index (χ1v) is 5.87. The molecule has 2 unspecified atom stereocenters. The molecule has 0 bridgehead atoms. The lowest BCUT2D eigenvalue weighted by Crippen LogP contribution is -2.30. The van der Waals surface area contributed by atoms with Gasteiger partial charge >= 0.3 is 0 Å². The van der Waals surface area contributed by atoms with E-state index in [1.54, 1.807) is 0 Å². The summed E-state index contributed by atoms with van der Waals surface area (Å²) in [7, 11) is 0. The minimum Gasteiger partial charge on any atom is -0.309 e. The van der Waals surface area contributed by atoms with Gasteiger partial charge in [-0.2, -0.15) is 0 Å². The molecule has 1 nitrogen and oxygen atoms in total. The Kier molecular flexibility index (Phi) is 4.46. The second-order valence-electron chi connectivity index (χ2n) is 3.63. The molecule has 1 N–H and O–H groups in total. The fraction of sp³-hybridized carbons (Fsp3) is 0.636. The minimum atomic E-state index is 0.618. The number of hydrogen-bond donors (Lipinski definition) is 1. The van der Waals surface area contributed by atoms with Crippen LogP contribution in [-0.2, 0) is 6.54 Å². The normalized spacial score (nSPS) is 15.6. The number of rotatable bonds is 5. The van der Waals surface area contributed by atoms with Crippen molar-refractivity contribution in [2.24, 2.45) is 5.92 Å². The van der Waals surface area contributed by atoms with Crippen molar-refractivity contribution in [2.45, 2.75) is 39.8 Å². The van der Waals surface area contributed by atoms with Crippen LogP contribution in [0.25, 0.3) is 0 Å². The second kappa shape index (κ2) is 5.40. The van der Waals surface area contributed by atoms with Gasteiger partial charge in [0, 0.05) is 17.5 Å². The van der Waals surface area contributed by atoms with Gasteiger partial charge in [-0.3, -0.25) is 0 Å². The van der Waals surface area contributed by atoms with E-state index in [2.05, 4.69) is 43.6 Å². The van der Waals surface area contributed by atoms with Gasteiger partial charge in [0.1, 0.15) is 0 Å². The van der Waals surface area contributed by atoms with Crippen molar-refractivity contribution in [1.29, 1.82) is 0 Å². The van der Waals surface area contributed by atoms with E-state index in [0.717, 1.165) is 12.5 Å². The highest BCUT2D eigenvalue weighted by Gasteiger charge is 2.08. The first kappa shape index (κ1) is 10.7. The van der Waals surface area contributed by atoms with Crippen LogP contribution in [0.2, 0.25) is 0 Å². The van der Waals surface area contributed by atoms with Gasteiger partial charge in [0.25, 0.3) is 0 Å². The monoisotopic (exact) mass is 197 g/mol. The number of nitrogens with one attached hydrogen (secondary N) is 1. The predicted molar refractivity (Wildman–Crippen MR) is 60.1 cm³/mol. The summed E-state index contributed by atoms with van der Waals surface area (Å²) in [6.07, 6.45) is 1.25. The third-order valence-corrected chi connectivity index (χ3v) is 3.55. The lowest BCUT2D eigenvalue weighted by molar-refractivity contribution is 0.391. The van der Waals surface area contributed by atoms with Crippen molar-refractivity contribution >= 4 is 11.3 Å². The van der Waals surface area contributed by atoms with Gasteiger partial charge in [-0.25, -0.2) is 0 Å². The van der Waals surface area contributed by atoms with Gasteiger partial charge in [-0.15, -0.1) is 11.3 Å². The Morgan fingerprint density at radius 2 is 2.23 bits per heavy atom. The summed E-state index contributed by atoms with van der Waals surface area (Å²) in [6, 6.07) is 4.91. The van der Waals surface area contributed by atoms with Crippen LogP contribution >= 0.6 is 11.3 Å². The summed E-state index contributed by atoms with van der Waals surface area (Å²) in [5.41, 5.74) is 0. The molecule has 1 heterocycles. The molecule has 0 amide bonds. The van der Waals surface area contributed by atoms with E-state index in [1.165, 1.54) is 11.3 Å². The molecule has 74 valence electrons. The van der Waals surface area contributed by atoms with E-state index < -0.39 is 0 Å². The molecule has 0 fully saturated rings. The second-order valence-corrected chi connectivity index (χ2v) is 4.67. The summed E-state index contributed by atoms with van der Waals surface area (Å²) >= 11 is 1.82. The van der Waals surface area contributed by atoms with Crippen molar-refractivity contribution < 1.29 is 0 Å². The van der Waals surface area contributed by atoms with E-state index in [1.807, 2.05) is 11.3 Å². The highest BCUT2D eigenvalue weighted by molar-refractivity contribution is 7.09. The lowest BCUT2D eigenvalue weighted by atomic mass is 10.0. The molecule has 13 heavy (non-hydrogen) atoms. The summed E-state index contributed by atoms with van der Waals surface area (Å²) in [4.78, 5) is 1.43. The molecule has 0 radical (unpaired) electrons. The maximum atomic E-state index is 3.55. The Morgan fingerprint density at radius 3 is 2.77 bits per heavy atom. The van der Waals surface area contributed by atoms with E-state index >= 15 is 0 Å². The van der Waals surface area contributed by atoms with Gasteiger partial charge in [0.15, 0.2) is 0 Å². The minimum absolute atomic E-state index is 0.618. The molecular weight excluding hydrogens is 178 g/mol. The van der Waals surface area contributed by atoms with Crippen LogP contribution in [0.4, 0.5) is 0 Å². The molecule has 0 aliphatic carbocycles. The summed E-state index contributed by atoms with van der Waals surface area (Å²) in [5.74, 6) is 0.764. The molecule has 0 saturated carbocycles. The van der Waals surface area contributed by atoms with Crippen molar-refractivity contribution in [3.05, 3.63) is 22.4 Å². The molecule has 2 atom stereocenters. The van der Waals surface area contributed by atoms with Gasteiger partial charge in [-0.05, 0) is 24.3 Å². The molecule has 1 aromatic rings. The molecule has 0 aliphatic heterocycles. The van der Waals surface area contributed by atoms with Gasteiger partial charge < -0.3 is 5.32 Å². The van der Waals surface area contributed by atoms with E-state index in [0.29, 0.717) is 6.04 Å². The highest BCUT2D eigenvalue weighted by atomic mass is 32.1. The third-order valence-electron chi connectivity index (χ3n) is 2.68. The van der Waals surface area contributed by atoms with Crippen molar-refractivity contribution in [3.63, 3.8) is 0 Å². The lowest BCUT2D eigenvalue weighted by Gasteiger charge is -2.19. The van der Waals surface area contributed by atoms with Gasteiger partial charge in [-0.1, -0.05) is 26.3 Å². The quantitative estimate of drug-likeness (QED) is 0.764. The van der Waals surface area contributed by atoms with Gasteiger partial charge in [0.05, 0.1) is 0 Å². The van der Waals surface area contributed by atoms with E-state index in [-0.39, 0.29) is 0 Å². The Balaban J connectivity index is 2.26. The topological polar surface area (TPSA) is 12.0 Å². The van der Waals surface area contributed by atoms with Crippen molar-refractivity contribution in [2.75, 3.05) is 0 Å². The maximum absolute atomic E-state index is 3.55. The first-order chi connectivity index (χ1) is 6.24. The Hall–Kier alpha value is -0.340. The van der Waals surface area contributed by atoms with E-state index in [9.17, 15) is 0 Å². The summed E-state index contributed by atoms with van der Waals surface area (Å²) < 4.78 is 0. The SMILES string of the molecule is CCC(C)C(C)NCc1cccs1. The smallest absolute Gasteiger partial charge is 0.0302 e. The van der Waals surface area contributed by atoms with Crippen LogP contribution in [0.3, 0.4) is 0 Å². The zero-order valence-corrected chi connectivity index (χ0v) is 9.53. The molecule has 0 spiro atoms. The molecule has 0 aliphatic rings. The number of thiophene rings is 1. The van der Waals surface area contributed by atoms with Crippen LogP contribution in [0, 0.1) is 5.92 Å². The fourth-order valence-corrected chi connectivity index (χ4v) is 1.89. The largest absolute Gasteiger partial charge is 0.309 e. The zero-order valence-electron chi connectivity index (χ0n) is 8.71. The summed E-state index contributed by atoms with van der Waals surface area (Å²) in [6.45, 7) is 7.82. The maximum Gasteiger partial charge on any atom is 0.0302 e. The molecule has 0 saturated heterocycles. The average molecular weight is 197 g/mol. The van der Waals surface area contributed by atoms with Crippen LogP contribution in [0.15, 0.2) is 17.5 Å². The molecule has 0 aromatic carbocycles. The third kappa shape index (κ3) is 3.49. The first-order valence-electron chi connectivity index (χ1n) is 4.99. The Labute approximate surface area is 85.2 Å². The van der Waals surface area contributed by atoms with Crippen molar-refractivity contribution in [3.8, 4) is 0 Å². The van der Waals surface area contributed by atoms with Crippen LogP contribution in [0.1, 0.15) is 32.1 Å². The molecule has 2 heteroatoms. The Bertz CT molecular complexity index is 218. The van der Waals surface area contributed by atoms with Crippen LogP contribution in [0.5, 0.6) is 0 Å². The van der Waals surface area contributed by atoms with Crippen LogP contribution in [-0.4, -0.2) is 6.04 Å². The standard InChI is InChI=1S/C11H19NS/c1-4-9(2)10(3)12-8-11-6-5-7-13-11/h5-7,9-10,12H,4,8H2,1-3H3. The van der Waals surface area contributed by atoms with E-state index in [4.69, 9.17) is 0 Å². The summed E-state index contributed by atoms with van der Waals surface area (Å²) in [5, 5.41) is 5.68. The molecule has 1 aromatic heterocycles. The fourth-order valence-electron chi connectivity index (χ4n) is 1.23. The Morgan fingerprint density at radius 1 is 1.46 bits per heavy atom. The molecule has 1 rings (SSSR count). The number of hydrogen-bond acceptors (Lipinski definition) is 2. The molecular formula is C11H19NS. The van der Waals surface area contributed by atoms with Crippen molar-refractivity contribution in [1.82, 2.24) is 5.32 Å². The highest BCUT2D eigenvalue weighted by Crippen LogP contribution is 2.11. The van der Waals surface area contributed by atoms with Crippen LogP contribution < -0.4 is 5.32 Å².